The number of aromatic nitrogens is 2. The molecule has 5 nitrogen and oxygen atoms in total. The van der Waals surface area contributed by atoms with Gasteiger partial charge in [-0.2, -0.15) is 0 Å². The second-order valence-electron chi connectivity index (χ2n) is 6.18. The normalized spacial score (nSPS) is 23.9. The predicted octanol–water partition coefficient (Wildman–Crippen LogP) is 2.93. The summed E-state index contributed by atoms with van der Waals surface area (Å²) < 4.78 is 0. The maximum Gasteiger partial charge on any atom is 0.235 e. The molecule has 1 aromatic heterocycles. The molecular weight excluding hydrogens is 302 g/mol. The number of anilines is 1. The first kappa shape index (κ1) is 14.6. The molecule has 5 heteroatoms. The van der Waals surface area contributed by atoms with E-state index in [0.29, 0.717) is 11.6 Å². The second-order valence-corrected chi connectivity index (χ2v) is 6.18. The Morgan fingerprint density at radius 3 is 3.00 bits per heavy atom. The summed E-state index contributed by atoms with van der Waals surface area (Å²) in [7, 11) is 0. The fourth-order valence-corrected chi connectivity index (χ4v) is 3.23. The van der Waals surface area contributed by atoms with E-state index in [1.807, 2.05) is 42.5 Å². The Bertz CT molecular complexity index is 920. The Balaban J connectivity index is 1.78. The number of hydrogen-bond acceptors (Lipinski definition) is 3. The summed E-state index contributed by atoms with van der Waals surface area (Å²) in [5, 5.41) is 0. The van der Waals surface area contributed by atoms with Crippen molar-refractivity contribution in [3.63, 3.8) is 0 Å². The van der Waals surface area contributed by atoms with E-state index in [4.69, 9.17) is 0 Å². The molecule has 0 radical (unpaired) electrons. The van der Waals surface area contributed by atoms with Crippen LogP contribution in [0.3, 0.4) is 0 Å². The van der Waals surface area contributed by atoms with Gasteiger partial charge in [0, 0.05) is 5.69 Å². The summed E-state index contributed by atoms with van der Waals surface area (Å²) >= 11 is 0. The number of H-pyrrole nitrogens is 1. The van der Waals surface area contributed by atoms with Crippen molar-refractivity contribution >= 4 is 28.4 Å². The molecule has 24 heavy (non-hydrogen) atoms. The Labute approximate surface area is 139 Å². The van der Waals surface area contributed by atoms with E-state index < -0.39 is 6.04 Å². The van der Waals surface area contributed by atoms with Crippen molar-refractivity contribution in [1.82, 2.24) is 9.97 Å². The molecule has 2 heterocycles. The van der Waals surface area contributed by atoms with Crippen molar-refractivity contribution in [2.45, 2.75) is 19.4 Å². The molecule has 2 atom stereocenters. The SMILES string of the molecule is CC1C=CC=C(C2C(=O)CC(=O)N2c2ccc3nc[nH]c3c2)C=C1. The van der Waals surface area contributed by atoms with Crippen LogP contribution in [0, 0.1) is 5.92 Å². The number of fused-ring (bicyclic) bond motifs is 1. The Morgan fingerprint density at radius 2 is 2.12 bits per heavy atom. The van der Waals surface area contributed by atoms with E-state index in [1.54, 1.807) is 11.2 Å². The van der Waals surface area contributed by atoms with Gasteiger partial charge in [0.15, 0.2) is 5.78 Å². The van der Waals surface area contributed by atoms with Crippen LogP contribution in [-0.2, 0) is 9.59 Å². The third kappa shape index (κ3) is 2.38. The van der Waals surface area contributed by atoms with Gasteiger partial charge in [0.1, 0.15) is 6.04 Å². The number of nitrogens with one attached hydrogen (secondary N) is 1. The first-order chi connectivity index (χ1) is 11.6. The molecule has 1 aromatic carbocycles. The van der Waals surface area contributed by atoms with Crippen molar-refractivity contribution in [3.05, 3.63) is 60.5 Å². The maximum absolute atomic E-state index is 12.5. The molecule has 0 saturated carbocycles. The second kappa shape index (κ2) is 5.60. The molecule has 1 N–H and O–H groups in total. The molecule has 0 spiro atoms. The number of benzene rings is 1. The summed E-state index contributed by atoms with van der Waals surface area (Å²) in [6, 6.07) is 4.99. The molecule has 1 aliphatic carbocycles. The fourth-order valence-electron chi connectivity index (χ4n) is 3.23. The van der Waals surface area contributed by atoms with Gasteiger partial charge in [0.2, 0.25) is 5.91 Å². The number of carbonyl (C=O) groups excluding carboxylic acids is 2. The van der Waals surface area contributed by atoms with Crippen LogP contribution in [0.5, 0.6) is 0 Å². The highest BCUT2D eigenvalue weighted by Gasteiger charge is 2.41. The van der Waals surface area contributed by atoms with Crippen molar-refractivity contribution in [1.29, 1.82) is 0 Å². The van der Waals surface area contributed by atoms with Crippen LogP contribution in [0.2, 0.25) is 0 Å². The molecule has 1 amide bonds. The lowest BCUT2D eigenvalue weighted by Gasteiger charge is -2.24. The molecule has 2 aromatic rings. The van der Waals surface area contributed by atoms with E-state index in [2.05, 4.69) is 23.0 Å². The zero-order valence-corrected chi connectivity index (χ0v) is 13.3. The number of amides is 1. The molecule has 0 bridgehead atoms. The molecule has 1 saturated heterocycles. The van der Waals surface area contributed by atoms with E-state index in [9.17, 15) is 9.59 Å². The molecule has 120 valence electrons. The summed E-state index contributed by atoms with van der Waals surface area (Å²) in [6.07, 6.45) is 11.5. The van der Waals surface area contributed by atoms with E-state index in [-0.39, 0.29) is 18.1 Å². The molecule has 1 aliphatic heterocycles. The number of allylic oxidation sites excluding steroid dienone is 4. The van der Waals surface area contributed by atoms with Crippen LogP contribution in [-0.4, -0.2) is 27.7 Å². The first-order valence-corrected chi connectivity index (χ1v) is 7.98. The molecule has 2 aliphatic rings. The average Bonchev–Trinajstić information content (AvgIpc) is 3.06. The lowest BCUT2D eigenvalue weighted by molar-refractivity contribution is -0.121. The highest BCUT2D eigenvalue weighted by molar-refractivity contribution is 6.19. The quantitative estimate of drug-likeness (QED) is 0.866. The van der Waals surface area contributed by atoms with E-state index >= 15 is 0 Å². The van der Waals surface area contributed by atoms with Crippen LogP contribution < -0.4 is 4.90 Å². The highest BCUT2D eigenvalue weighted by Crippen LogP contribution is 2.31. The van der Waals surface area contributed by atoms with Crippen LogP contribution in [0.4, 0.5) is 5.69 Å². The number of aromatic amines is 1. The van der Waals surface area contributed by atoms with Gasteiger partial charge in [-0.15, -0.1) is 0 Å². The number of carbonyl (C=O) groups is 2. The largest absolute Gasteiger partial charge is 0.345 e. The Kier molecular flexibility index (Phi) is 3.41. The number of nitrogens with zero attached hydrogens (tertiary/aromatic N) is 2. The van der Waals surface area contributed by atoms with Gasteiger partial charge >= 0.3 is 0 Å². The van der Waals surface area contributed by atoms with Gasteiger partial charge in [-0.05, 0) is 29.7 Å². The van der Waals surface area contributed by atoms with Gasteiger partial charge in [-0.1, -0.05) is 37.3 Å². The molecule has 2 unspecified atom stereocenters. The Morgan fingerprint density at radius 1 is 1.25 bits per heavy atom. The number of rotatable bonds is 2. The minimum absolute atomic E-state index is 0.0594. The lowest BCUT2D eigenvalue weighted by Crippen LogP contribution is -2.36. The van der Waals surface area contributed by atoms with Gasteiger partial charge in [0.25, 0.3) is 0 Å². The first-order valence-electron chi connectivity index (χ1n) is 7.98. The third-order valence-corrected chi connectivity index (χ3v) is 4.45. The topological polar surface area (TPSA) is 66.1 Å². The Hall–Kier alpha value is -2.95. The minimum Gasteiger partial charge on any atom is -0.345 e. The molecular formula is C19H17N3O2. The van der Waals surface area contributed by atoms with Crippen LogP contribution in [0.25, 0.3) is 11.0 Å². The van der Waals surface area contributed by atoms with Crippen molar-refractivity contribution in [2.24, 2.45) is 5.92 Å². The van der Waals surface area contributed by atoms with Crippen LogP contribution in [0.1, 0.15) is 13.3 Å². The average molecular weight is 319 g/mol. The molecule has 4 rings (SSSR count). The number of imidazole rings is 1. The van der Waals surface area contributed by atoms with Crippen molar-refractivity contribution < 1.29 is 9.59 Å². The zero-order chi connectivity index (χ0) is 16.7. The summed E-state index contributed by atoms with van der Waals surface area (Å²) in [4.78, 5) is 33.8. The fraction of sp³-hybridized carbons (Fsp3) is 0.211. The summed E-state index contributed by atoms with van der Waals surface area (Å²) in [6.45, 7) is 2.08. The summed E-state index contributed by atoms with van der Waals surface area (Å²) in [5.74, 6) is 0.0729. The number of Topliss-reactive ketones (excluding diaryl/α,β-unsaturated/α-hetero) is 1. The minimum atomic E-state index is -0.566. The van der Waals surface area contributed by atoms with Gasteiger partial charge in [-0.25, -0.2) is 4.98 Å². The maximum atomic E-state index is 12.5. The van der Waals surface area contributed by atoms with E-state index in [1.165, 1.54) is 0 Å². The molecule has 1 fully saturated rings. The zero-order valence-electron chi connectivity index (χ0n) is 13.3. The smallest absolute Gasteiger partial charge is 0.235 e. The van der Waals surface area contributed by atoms with Crippen molar-refractivity contribution in [2.75, 3.05) is 4.90 Å². The van der Waals surface area contributed by atoms with E-state index in [0.717, 1.165) is 16.6 Å². The van der Waals surface area contributed by atoms with Crippen LogP contribution in [0.15, 0.2) is 60.5 Å². The van der Waals surface area contributed by atoms with Crippen LogP contribution >= 0.6 is 0 Å². The van der Waals surface area contributed by atoms with Gasteiger partial charge < -0.3 is 4.98 Å². The van der Waals surface area contributed by atoms with Gasteiger partial charge in [0.05, 0.1) is 23.8 Å². The van der Waals surface area contributed by atoms with Crippen molar-refractivity contribution in [3.8, 4) is 0 Å². The number of hydrogen-bond donors (Lipinski definition) is 1. The third-order valence-electron chi connectivity index (χ3n) is 4.45. The monoisotopic (exact) mass is 319 g/mol. The lowest BCUT2D eigenvalue weighted by atomic mass is 10.0. The standard InChI is InChI=1S/C19H17N3O2/c1-12-3-2-4-13(6-5-12)19-17(23)10-18(24)22(19)14-7-8-15-16(9-14)21-11-20-15/h2-9,11-12,19H,10H2,1H3,(H,20,21). The highest BCUT2D eigenvalue weighted by atomic mass is 16.2. The summed E-state index contributed by atoms with van der Waals surface area (Å²) in [5.41, 5.74) is 3.23. The number of ketones is 1. The van der Waals surface area contributed by atoms with Gasteiger partial charge in [-0.3, -0.25) is 14.5 Å². The predicted molar refractivity (Wildman–Crippen MR) is 92.5 cm³/mol.